The highest BCUT2D eigenvalue weighted by molar-refractivity contribution is 7.91. The van der Waals surface area contributed by atoms with Gasteiger partial charge in [0.1, 0.15) is 16.1 Å². The summed E-state index contributed by atoms with van der Waals surface area (Å²) in [6.07, 6.45) is 0. The Morgan fingerprint density at radius 2 is 1.86 bits per heavy atom. The van der Waals surface area contributed by atoms with E-state index < -0.39 is 16.1 Å². The molecule has 0 saturated heterocycles. The molecule has 154 valence electrons. The van der Waals surface area contributed by atoms with Crippen LogP contribution in [0.4, 0.5) is 0 Å². The summed E-state index contributed by atoms with van der Waals surface area (Å²) in [5.74, 6) is 0.584. The van der Waals surface area contributed by atoms with Gasteiger partial charge in [0.05, 0.1) is 32.2 Å². The number of aryl methyl sites for hydroxylation is 3. The topological polar surface area (TPSA) is 83.2 Å². The van der Waals surface area contributed by atoms with Crippen LogP contribution in [0.1, 0.15) is 49.5 Å². The number of hydrogen-bond donors (Lipinski definition) is 0. The number of hydrogen-bond acceptors (Lipinski definition) is 6. The Labute approximate surface area is 178 Å². The molecule has 1 atom stereocenters. The molecule has 6 nitrogen and oxygen atoms in total. The highest BCUT2D eigenvalue weighted by Gasteiger charge is 2.27. The predicted molar refractivity (Wildman–Crippen MR) is 122 cm³/mol. The van der Waals surface area contributed by atoms with Crippen LogP contribution in [0, 0.1) is 20.8 Å². The standard InChI is InChI=1S/C21H26N4O2S2/c1-11-9-15(12(2)24-29(27)21(5,6)7)17-16(10-11)20(26)25(8)19(23-17)18-13(3)22-14(4)28-18/h9-10H,1-8H3/t29-/m1/s1. The molecule has 0 fully saturated rings. The van der Waals surface area contributed by atoms with Gasteiger partial charge in [0, 0.05) is 12.6 Å². The highest BCUT2D eigenvalue weighted by atomic mass is 32.2. The van der Waals surface area contributed by atoms with Crippen molar-refractivity contribution in [3.8, 4) is 10.7 Å². The van der Waals surface area contributed by atoms with Gasteiger partial charge in [-0.25, -0.2) is 9.97 Å². The molecule has 29 heavy (non-hydrogen) atoms. The smallest absolute Gasteiger partial charge is 0.261 e. The summed E-state index contributed by atoms with van der Waals surface area (Å²) >= 11 is 0.118. The lowest BCUT2D eigenvalue weighted by molar-refractivity contribution is 0.561. The van der Waals surface area contributed by atoms with Gasteiger partial charge in [-0.3, -0.25) is 9.36 Å². The number of aromatic nitrogens is 3. The van der Waals surface area contributed by atoms with Crippen LogP contribution in [0.5, 0.6) is 0 Å². The van der Waals surface area contributed by atoms with Crippen LogP contribution in [0.15, 0.2) is 21.3 Å². The van der Waals surface area contributed by atoms with Gasteiger partial charge in [-0.1, -0.05) is 4.40 Å². The molecule has 0 amide bonds. The fourth-order valence-corrected chi connectivity index (χ4v) is 4.61. The first kappa shape index (κ1) is 21.7. The lowest BCUT2D eigenvalue weighted by atomic mass is 10.0. The van der Waals surface area contributed by atoms with Crippen molar-refractivity contribution in [3.05, 3.63) is 44.3 Å². The molecule has 3 aromatic rings. The minimum Gasteiger partial charge on any atom is -0.591 e. The lowest BCUT2D eigenvalue weighted by Crippen LogP contribution is -2.27. The number of benzene rings is 1. The molecule has 0 spiro atoms. The largest absolute Gasteiger partial charge is 0.591 e. The highest BCUT2D eigenvalue weighted by Crippen LogP contribution is 2.29. The quantitative estimate of drug-likeness (QED) is 0.459. The van der Waals surface area contributed by atoms with Gasteiger partial charge in [0.15, 0.2) is 5.82 Å². The van der Waals surface area contributed by atoms with Gasteiger partial charge in [0.2, 0.25) is 0 Å². The molecule has 0 bridgehead atoms. The monoisotopic (exact) mass is 430 g/mol. The Balaban J connectivity index is 2.34. The first-order valence-electron chi connectivity index (χ1n) is 9.33. The van der Waals surface area contributed by atoms with Crippen molar-refractivity contribution in [2.45, 2.75) is 53.2 Å². The third-order valence-electron chi connectivity index (χ3n) is 4.56. The van der Waals surface area contributed by atoms with Gasteiger partial charge in [-0.2, -0.15) is 0 Å². The van der Waals surface area contributed by atoms with Crippen molar-refractivity contribution >= 4 is 39.3 Å². The van der Waals surface area contributed by atoms with Crippen molar-refractivity contribution in [1.82, 2.24) is 14.5 Å². The average molecular weight is 431 g/mol. The summed E-state index contributed by atoms with van der Waals surface area (Å²) in [4.78, 5) is 23.4. The van der Waals surface area contributed by atoms with Crippen molar-refractivity contribution in [3.63, 3.8) is 0 Å². The Bertz CT molecular complexity index is 1190. The minimum absolute atomic E-state index is 0.120. The number of rotatable bonds is 3. The zero-order chi connectivity index (χ0) is 21.7. The van der Waals surface area contributed by atoms with Crippen LogP contribution < -0.4 is 5.56 Å². The Morgan fingerprint density at radius 1 is 1.21 bits per heavy atom. The van der Waals surface area contributed by atoms with E-state index in [1.54, 1.807) is 11.6 Å². The van der Waals surface area contributed by atoms with E-state index in [9.17, 15) is 9.35 Å². The normalized spacial score (nSPS) is 13.9. The van der Waals surface area contributed by atoms with E-state index in [2.05, 4.69) is 9.38 Å². The molecule has 0 saturated carbocycles. The second-order valence-corrected chi connectivity index (χ2v) is 11.3. The SMILES string of the molecule is CC(=N[S@+]([O-])C(C)(C)C)c1cc(C)cc2c(=O)n(C)c(-c3sc(C)nc3C)nc12. The van der Waals surface area contributed by atoms with Crippen LogP contribution in [0.2, 0.25) is 0 Å². The average Bonchev–Trinajstić information content (AvgIpc) is 2.95. The van der Waals surface area contributed by atoms with Crippen LogP contribution >= 0.6 is 11.3 Å². The third kappa shape index (κ3) is 4.15. The molecular formula is C21H26N4O2S2. The summed E-state index contributed by atoms with van der Waals surface area (Å²) < 4.78 is 18.1. The molecule has 2 heterocycles. The molecule has 2 aromatic heterocycles. The zero-order valence-electron chi connectivity index (χ0n) is 18.1. The summed E-state index contributed by atoms with van der Waals surface area (Å²) in [6.45, 7) is 13.3. The van der Waals surface area contributed by atoms with E-state index in [-0.39, 0.29) is 5.56 Å². The molecular weight excluding hydrogens is 404 g/mol. The molecule has 1 aromatic carbocycles. The van der Waals surface area contributed by atoms with Gasteiger partial charge >= 0.3 is 0 Å². The summed E-state index contributed by atoms with van der Waals surface area (Å²) in [6, 6.07) is 3.79. The first-order valence-corrected chi connectivity index (χ1v) is 11.3. The fourth-order valence-electron chi connectivity index (χ4n) is 3.05. The second kappa shape index (κ2) is 7.66. The molecule has 8 heteroatoms. The van der Waals surface area contributed by atoms with Crippen LogP contribution in [-0.2, 0) is 18.4 Å². The van der Waals surface area contributed by atoms with E-state index in [0.29, 0.717) is 22.4 Å². The fraction of sp³-hybridized carbons (Fsp3) is 0.429. The molecule has 0 aliphatic rings. The van der Waals surface area contributed by atoms with Gasteiger partial charge in [-0.05, 0) is 66.2 Å². The van der Waals surface area contributed by atoms with E-state index in [1.807, 2.05) is 60.6 Å². The van der Waals surface area contributed by atoms with Crippen molar-refractivity contribution in [2.24, 2.45) is 11.4 Å². The zero-order valence-corrected chi connectivity index (χ0v) is 19.7. The van der Waals surface area contributed by atoms with E-state index >= 15 is 0 Å². The summed E-state index contributed by atoms with van der Waals surface area (Å²) in [5, 5.41) is 1.45. The minimum atomic E-state index is -1.40. The number of thiazole rings is 1. The Hall–Kier alpha value is -2.03. The number of nitrogens with zero attached hydrogens (tertiary/aromatic N) is 4. The summed E-state index contributed by atoms with van der Waals surface area (Å²) in [7, 11) is 1.73. The third-order valence-corrected chi connectivity index (χ3v) is 7.12. The van der Waals surface area contributed by atoms with Gasteiger partial charge < -0.3 is 4.55 Å². The molecule has 0 aliphatic carbocycles. The van der Waals surface area contributed by atoms with E-state index in [4.69, 9.17) is 4.98 Å². The van der Waals surface area contributed by atoms with Crippen LogP contribution in [0.3, 0.4) is 0 Å². The van der Waals surface area contributed by atoms with Crippen LogP contribution in [-0.4, -0.2) is 29.5 Å². The maximum atomic E-state index is 13.2. The van der Waals surface area contributed by atoms with Crippen molar-refractivity contribution in [1.29, 1.82) is 0 Å². The Kier molecular flexibility index (Phi) is 5.73. The first-order chi connectivity index (χ1) is 13.4. The van der Waals surface area contributed by atoms with Gasteiger partial charge in [-0.15, -0.1) is 11.3 Å². The van der Waals surface area contributed by atoms with Gasteiger partial charge in [0.25, 0.3) is 5.56 Å². The maximum absolute atomic E-state index is 13.2. The molecule has 0 N–H and O–H groups in total. The van der Waals surface area contributed by atoms with Crippen LogP contribution in [0.25, 0.3) is 21.6 Å². The van der Waals surface area contributed by atoms with E-state index in [1.165, 1.54) is 11.3 Å². The van der Waals surface area contributed by atoms with Crippen molar-refractivity contribution < 1.29 is 4.55 Å². The van der Waals surface area contributed by atoms with E-state index in [0.717, 1.165) is 26.7 Å². The maximum Gasteiger partial charge on any atom is 0.261 e. The molecule has 3 rings (SSSR count). The Morgan fingerprint density at radius 3 is 2.41 bits per heavy atom. The molecule has 0 unspecified atom stereocenters. The number of fused-ring (bicyclic) bond motifs is 1. The predicted octanol–water partition coefficient (Wildman–Crippen LogP) is 4.25. The molecule has 0 aliphatic heterocycles. The second-order valence-electron chi connectivity index (χ2n) is 8.19. The molecule has 0 radical (unpaired) electrons. The summed E-state index contributed by atoms with van der Waals surface area (Å²) in [5.41, 5.74) is 3.57. The lowest BCUT2D eigenvalue weighted by Gasteiger charge is -2.19. The van der Waals surface area contributed by atoms with Crippen molar-refractivity contribution in [2.75, 3.05) is 0 Å².